The summed E-state index contributed by atoms with van der Waals surface area (Å²) in [6, 6.07) is 14.1. The van der Waals surface area contributed by atoms with Gasteiger partial charge in [0.25, 0.3) is 0 Å². The molecule has 1 aliphatic carbocycles. The highest BCUT2D eigenvalue weighted by Crippen LogP contribution is 2.49. The molecule has 1 aromatic carbocycles. The lowest BCUT2D eigenvalue weighted by atomic mass is 9.77. The second-order valence-electron chi connectivity index (χ2n) is 9.13. The van der Waals surface area contributed by atoms with Crippen LogP contribution in [0.25, 0.3) is 11.3 Å². The summed E-state index contributed by atoms with van der Waals surface area (Å²) < 4.78 is 0. The third-order valence-electron chi connectivity index (χ3n) is 6.90. The maximum Gasteiger partial charge on any atom is 0.239 e. The Balaban J connectivity index is 1.57. The average molecular weight is 481 g/mol. The Bertz CT molecular complexity index is 1450. The minimum absolute atomic E-state index is 0.119. The number of aromatic nitrogens is 2. The van der Waals surface area contributed by atoms with Crippen LogP contribution in [0.15, 0.2) is 53.1 Å². The molecule has 3 aromatic rings. The van der Waals surface area contributed by atoms with Crippen LogP contribution in [0, 0.1) is 23.2 Å². The summed E-state index contributed by atoms with van der Waals surface area (Å²) in [6.45, 7) is 3.72. The molecule has 0 saturated heterocycles. The summed E-state index contributed by atoms with van der Waals surface area (Å²) >= 11 is 1.52. The molecule has 2 N–H and O–H groups in total. The Morgan fingerprint density at radius 2 is 1.94 bits per heavy atom. The van der Waals surface area contributed by atoms with E-state index in [0.717, 1.165) is 40.1 Å². The van der Waals surface area contributed by atoms with Crippen molar-refractivity contribution in [3.63, 3.8) is 0 Å². The molecule has 0 unspecified atom stereocenters. The van der Waals surface area contributed by atoms with Gasteiger partial charge in [0, 0.05) is 22.9 Å². The van der Waals surface area contributed by atoms with Crippen molar-refractivity contribution in [1.82, 2.24) is 14.9 Å². The molecule has 35 heavy (non-hydrogen) atoms. The van der Waals surface area contributed by atoms with Crippen LogP contribution in [0.3, 0.4) is 0 Å². The van der Waals surface area contributed by atoms with Crippen molar-refractivity contribution in [3.05, 3.63) is 69.8 Å². The van der Waals surface area contributed by atoms with Gasteiger partial charge in [-0.2, -0.15) is 5.26 Å². The number of carbonyl (C=O) groups excluding carboxylic acids is 1. The van der Waals surface area contributed by atoms with Gasteiger partial charge in [-0.1, -0.05) is 30.2 Å². The van der Waals surface area contributed by atoms with E-state index < -0.39 is 11.5 Å². The monoisotopic (exact) mass is 480 g/mol. The zero-order valence-electron chi connectivity index (χ0n) is 19.7. The van der Waals surface area contributed by atoms with Crippen LogP contribution in [0.4, 0.5) is 0 Å². The fraction of sp³-hybridized carbons (Fsp3) is 0.296. The largest absolute Gasteiger partial charge is 0.369 e. The first-order valence-electron chi connectivity index (χ1n) is 11.3. The Morgan fingerprint density at radius 3 is 2.60 bits per heavy atom. The lowest BCUT2D eigenvalue weighted by Crippen LogP contribution is -2.52. The quantitative estimate of drug-likeness (QED) is 0.570. The number of likely N-dealkylation sites (N-methyl/N-ethyl adjacent to an activating group) is 1. The molecular weight excluding hydrogens is 456 g/mol. The van der Waals surface area contributed by atoms with Crippen LogP contribution in [0.1, 0.15) is 54.3 Å². The van der Waals surface area contributed by atoms with Gasteiger partial charge < -0.3 is 5.73 Å². The first kappa shape index (κ1) is 22.8. The predicted molar refractivity (Wildman–Crippen MR) is 135 cm³/mol. The van der Waals surface area contributed by atoms with Crippen molar-refractivity contribution in [2.75, 3.05) is 7.05 Å². The maximum atomic E-state index is 13.6. The lowest BCUT2D eigenvalue weighted by molar-refractivity contribution is -0.130. The number of thiophene rings is 1. The van der Waals surface area contributed by atoms with E-state index in [1.54, 1.807) is 14.0 Å². The van der Waals surface area contributed by atoms with Gasteiger partial charge in [-0.15, -0.1) is 11.3 Å². The molecule has 2 atom stereocenters. The van der Waals surface area contributed by atoms with Crippen molar-refractivity contribution in [2.45, 2.75) is 43.6 Å². The van der Waals surface area contributed by atoms with Crippen molar-refractivity contribution in [3.8, 4) is 29.2 Å². The fourth-order valence-electron chi connectivity index (χ4n) is 4.62. The van der Waals surface area contributed by atoms with Gasteiger partial charge >= 0.3 is 0 Å². The second-order valence-corrected chi connectivity index (χ2v) is 10.0. The summed E-state index contributed by atoms with van der Waals surface area (Å²) in [7, 11) is 1.65. The van der Waals surface area contributed by atoms with E-state index in [1.807, 2.05) is 48.7 Å². The van der Waals surface area contributed by atoms with Gasteiger partial charge in [0.15, 0.2) is 5.96 Å². The number of guanidine groups is 1. The van der Waals surface area contributed by atoms with Crippen LogP contribution in [0.5, 0.6) is 0 Å². The lowest BCUT2D eigenvalue weighted by Gasteiger charge is -2.40. The number of benzene rings is 1. The predicted octanol–water partition coefficient (Wildman–Crippen LogP) is 3.92. The molecule has 174 valence electrons. The Kier molecular flexibility index (Phi) is 5.42. The van der Waals surface area contributed by atoms with E-state index in [-0.39, 0.29) is 17.3 Å². The van der Waals surface area contributed by atoms with Gasteiger partial charge in [0.05, 0.1) is 23.1 Å². The van der Waals surface area contributed by atoms with Crippen LogP contribution >= 0.6 is 11.3 Å². The number of nitrogens with two attached hydrogens (primary N) is 1. The summed E-state index contributed by atoms with van der Waals surface area (Å²) in [5.41, 5.74) is 9.07. The third-order valence-corrected chi connectivity index (χ3v) is 8.06. The summed E-state index contributed by atoms with van der Waals surface area (Å²) in [4.78, 5) is 29.3. The summed E-state index contributed by atoms with van der Waals surface area (Å²) in [6.07, 6.45) is 3.25. The SMILES string of the molecule is CC#Cc1cc(-c2csc([C@@]3(C)N=C(N)N(C)C(=O)[C@@H]3c3ccc(C4(C#N)CC4)cc3)c2)ncn1. The smallest absolute Gasteiger partial charge is 0.239 e. The van der Waals surface area contributed by atoms with E-state index in [2.05, 4.69) is 27.9 Å². The van der Waals surface area contributed by atoms with E-state index >= 15 is 0 Å². The normalized spacial score (nSPS) is 22.6. The molecule has 7 nitrogen and oxygen atoms in total. The molecule has 3 heterocycles. The Labute approximate surface area is 208 Å². The average Bonchev–Trinajstić information content (AvgIpc) is 3.50. The van der Waals surface area contributed by atoms with Crippen molar-refractivity contribution in [2.24, 2.45) is 10.7 Å². The van der Waals surface area contributed by atoms with Gasteiger partial charge in [-0.3, -0.25) is 9.69 Å². The van der Waals surface area contributed by atoms with Crippen molar-refractivity contribution < 1.29 is 4.79 Å². The number of hydrogen-bond donors (Lipinski definition) is 1. The first-order chi connectivity index (χ1) is 16.8. The van der Waals surface area contributed by atoms with Gasteiger partial charge in [-0.05, 0) is 55.9 Å². The van der Waals surface area contributed by atoms with Gasteiger partial charge in [-0.25, -0.2) is 15.0 Å². The highest BCUT2D eigenvalue weighted by molar-refractivity contribution is 7.10. The third kappa shape index (κ3) is 3.77. The Hall–Kier alpha value is -4.01. The molecule has 8 heteroatoms. The van der Waals surface area contributed by atoms with Crippen LogP contribution in [0.2, 0.25) is 0 Å². The molecule has 1 saturated carbocycles. The topological polar surface area (TPSA) is 108 Å². The Morgan fingerprint density at radius 1 is 1.20 bits per heavy atom. The van der Waals surface area contributed by atoms with Crippen LogP contribution in [-0.2, 0) is 15.7 Å². The number of carbonyl (C=O) groups is 1. The molecule has 1 aliphatic heterocycles. The second kappa shape index (κ2) is 8.33. The summed E-state index contributed by atoms with van der Waals surface area (Å²) in [5, 5.41) is 11.6. The number of hydrogen-bond acceptors (Lipinski definition) is 7. The number of nitriles is 1. The molecule has 2 aliphatic rings. The number of aliphatic imine (C=N–C) groups is 1. The van der Waals surface area contributed by atoms with E-state index in [1.165, 1.54) is 22.6 Å². The zero-order chi connectivity index (χ0) is 24.8. The fourth-order valence-corrected chi connectivity index (χ4v) is 5.66. The molecular formula is C27H24N6OS. The van der Waals surface area contributed by atoms with Crippen molar-refractivity contribution >= 4 is 23.2 Å². The minimum Gasteiger partial charge on any atom is -0.369 e. The van der Waals surface area contributed by atoms with Gasteiger partial charge in [0.1, 0.15) is 17.6 Å². The van der Waals surface area contributed by atoms with Crippen molar-refractivity contribution in [1.29, 1.82) is 5.26 Å². The van der Waals surface area contributed by atoms with E-state index in [9.17, 15) is 10.1 Å². The molecule has 0 radical (unpaired) electrons. The maximum absolute atomic E-state index is 13.6. The van der Waals surface area contributed by atoms with Crippen LogP contribution < -0.4 is 5.73 Å². The number of rotatable bonds is 4. The summed E-state index contributed by atoms with van der Waals surface area (Å²) in [5.74, 6) is 5.31. The van der Waals surface area contributed by atoms with Crippen LogP contribution in [-0.4, -0.2) is 33.8 Å². The zero-order valence-corrected chi connectivity index (χ0v) is 20.6. The number of amides is 1. The molecule has 2 aromatic heterocycles. The van der Waals surface area contributed by atoms with E-state index in [4.69, 9.17) is 10.7 Å². The highest BCUT2D eigenvalue weighted by Gasteiger charge is 2.49. The molecule has 1 amide bonds. The molecule has 5 rings (SSSR count). The molecule has 0 spiro atoms. The molecule has 0 bridgehead atoms. The minimum atomic E-state index is -0.899. The highest BCUT2D eigenvalue weighted by atomic mass is 32.1. The van der Waals surface area contributed by atoms with Gasteiger partial charge in [0.2, 0.25) is 5.91 Å². The molecule has 1 fully saturated rings. The number of nitrogens with zero attached hydrogens (tertiary/aromatic N) is 5. The first-order valence-corrected chi connectivity index (χ1v) is 12.2. The standard InChI is InChI=1S/C27H24N6OS/c1-4-5-20-13-21(31-16-30-20)18-12-22(35-14-18)26(2)23(24(34)33(3)25(29)32-26)17-6-8-19(9-7-17)27(15-28)10-11-27/h6-9,12-14,16,23H,10-11H2,1-3H3,(H2,29,32)/t23-,26+/m0/s1. The van der Waals surface area contributed by atoms with E-state index in [0.29, 0.717) is 5.69 Å².